The second-order valence-electron chi connectivity index (χ2n) is 7.60. The maximum absolute atomic E-state index is 13.3. The van der Waals surface area contributed by atoms with E-state index in [1.54, 1.807) is 43.3 Å². The van der Waals surface area contributed by atoms with Crippen molar-refractivity contribution >= 4 is 33.0 Å². The Morgan fingerprint density at radius 2 is 1.67 bits per heavy atom. The summed E-state index contributed by atoms with van der Waals surface area (Å²) in [4.78, 5) is 15.3. The van der Waals surface area contributed by atoms with Crippen LogP contribution in [0.25, 0.3) is 0 Å². The number of carbonyl (C=O) groups excluding carboxylic acids is 1. The maximum Gasteiger partial charge on any atom is 0.264 e. The predicted octanol–water partition coefficient (Wildman–Crippen LogP) is 3.99. The van der Waals surface area contributed by atoms with Crippen LogP contribution in [0.4, 0.5) is 17.1 Å². The molecule has 0 spiro atoms. The number of para-hydroxylation sites is 3. The average Bonchev–Trinajstić information content (AvgIpc) is 2.86. The molecule has 0 radical (unpaired) electrons. The molecule has 0 aromatic heterocycles. The number of amides is 1. The number of morpholine rings is 1. The van der Waals surface area contributed by atoms with Gasteiger partial charge in [0.05, 0.1) is 35.2 Å². The number of benzene rings is 3. The molecular formula is C25H27N3O4S. The quantitative estimate of drug-likeness (QED) is 0.571. The molecule has 1 aliphatic rings. The summed E-state index contributed by atoms with van der Waals surface area (Å²) in [6.07, 6.45) is 0. The van der Waals surface area contributed by atoms with Crippen molar-refractivity contribution in [3.8, 4) is 0 Å². The molecule has 1 saturated heterocycles. The van der Waals surface area contributed by atoms with E-state index in [-0.39, 0.29) is 22.9 Å². The van der Waals surface area contributed by atoms with E-state index in [9.17, 15) is 13.2 Å². The van der Waals surface area contributed by atoms with Crippen molar-refractivity contribution in [3.63, 3.8) is 0 Å². The Morgan fingerprint density at radius 3 is 2.39 bits per heavy atom. The Morgan fingerprint density at radius 1 is 0.970 bits per heavy atom. The molecule has 1 aliphatic heterocycles. The zero-order chi connectivity index (χ0) is 23.3. The topological polar surface area (TPSA) is 79.0 Å². The summed E-state index contributed by atoms with van der Waals surface area (Å²) >= 11 is 0. The number of ether oxygens (including phenoxy) is 1. The molecule has 4 rings (SSSR count). The van der Waals surface area contributed by atoms with Gasteiger partial charge >= 0.3 is 0 Å². The molecule has 3 aromatic rings. The van der Waals surface area contributed by atoms with E-state index in [4.69, 9.17) is 4.74 Å². The largest absolute Gasteiger partial charge is 0.378 e. The first-order valence-electron chi connectivity index (χ1n) is 10.9. The second kappa shape index (κ2) is 10.1. The van der Waals surface area contributed by atoms with Crippen LogP contribution in [0, 0.1) is 0 Å². The third-order valence-corrected chi connectivity index (χ3v) is 7.42. The Kier molecular flexibility index (Phi) is 6.96. The van der Waals surface area contributed by atoms with E-state index in [1.165, 1.54) is 16.4 Å². The van der Waals surface area contributed by atoms with Gasteiger partial charge in [-0.1, -0.05) is 36.4 Å². The molecule has 0 unspecified atom stereocenters. The van der Waals surface area contributed by atoms with Gasteiger partial charge in [-0.15, -0.1) is 0 Å². The lowest BCUT2D eigenvalue weighted by Gasteiger charge is -2.30. The van der Waals surface area contributed by atoms with E-state index in [2.05, 4.69) is 10.2 Å². The zero-order valence-electron chi connectivity index (χ0n) is 18.5. The van der Waals surface area contributed by atoms with Crippen LogP contribution in [0.1, 0.15) is 17.3 Å². The maximum atomic E-state index is 13.3. The standard InChI is InChI=1S/C25H27N3O4S/c1-2-28(21-10-4-3-5-11-21)33(30,31)22-12-8-9-20(19-22)25(29)26-23-13-6-7-14-24(23)27-15-17-32-18-16-27/h3-14,19H,2,15-18H2,1H3,(H,26,29). The number of sulfonamides is 1. The number of anilines is 3. The van der Waals surface area contributed by atoms with E-state index >= 15 is 0 Å². The lowest BCUT2D eigenvalue weighted by Crippen LogP contribution is -2.36. The SMILES string of the molecule is CCN(c1ccccc1)S(=O)(=O)c1cccc(C(=O)Nc2ccccc2N2CCOCC2)c1. The van der Waals surface area contributed by atoms with Gasteiger partial charge in [0.2, 0.25) is 0 Å². The number of carbonyl (C=O) groups is 1. The second-order valence-corrected chi connectivity index (χ2v) is 9.47. The molecule has 1 amide bonds. The number of hydrogen-bond donors (Lipinski definition) is 1. The van der Waals surface area contributed by atoms with Crippen LogP contribution in [0.3, 0.4) is 0 Å². The summed E-state index contributed by atoms with van der Waals surface area (Å²) in [5, 5.41) is 2.95. The van der Waals surface area contributed by atoms with Crippen molar-refractivity contribution in [1.29, 1.82) is 0 Å². The minimum atomic E-state index is -3.83. The summed E-state index contributed by atoms with van der Waals surface area (Å²) in [7, 11) is -3.83. The fraction of sp³-hybridized carbons (Fsp3) is 0.240. The fourth-order valence-corrected chi connectivity index (χ4v) is 5.38. The summed E-state index contributed by atoms with van der Waals surface area (Å²) in [5.41, 5.74) is 2.45. The van der Waals surface area contributed by atoms with Crippen molar-refractivity contribution in [2.24, 2.45) is 0 Å². The van der Waals surface area contributed by atoms with Crippen molar-refractivity contribution in [3.05, 3.63) is 84.4 Å². The lowest BCUT2D eigenvalue weighted by molar-refractivity contribution is 0.102. The highest BCUT2D eigenvalue weighted by atomic mass is 32.2. The molecule has 0 aliphatic carbocycles. The molecule has 172 valence electrons. The third kappa shape index (κ3) is 5.02. The monoisotopic (exact) mass is 465 g/mol. The summed E-state index contributed by atoms with van der Waals surface area (Å²) in [5.74, 6) is -0.365. The van der Waals surface area contributed by atoms with Crippen LogP contribution >= 0.6 is 0 Å². The number of hydrogen-bond acceptors (Lipinski definition) is 5. The van der Waals surface area contributed by atoms with Crippen LogP contribution in [0.5, 0.6) is 0 Å². The van der Waals surface area contributed by atoms with Gasteiger partial charge in [-0.3, -0.25) is 9.10 Å². The first-order chi connectivity index (χ1) is 16.0. The molecule has 1 fully saturated rings. The van der Waals surface area contributed by atoms with Gasteiger partial charge in [0.15, 0.2) is 0 Å². The average molecular weight is 466 g/mol. The first kappa shape index (κ1) is 22.8. The van der Waals surface area contributed by atoms with Gasteiger partial charge in [0, 0.05) is 25.2 Å². The van der Waals surface area contributed by atoms with E-state index in [0.717, 1.165) is 18.8 Å². The molecule has 7 nitrogen and oxygen atoms in total. The molecule has 1 N–H and O–H groups in total. The van der Waals surface area contributed by atoms with Crippen LogP contribution in [0.15, 0.2) is 83.8 Å². The van der Waals surface area contributed by atoms with E-state index < -0.39 is 10.0 Å². The van der Waals surface area contributed by atoms with Crippen LogP contribution < -0.4 is 14.5 Å². The van der Waals surface area contributed by atoms with Gasteiger partial charge in [-0.25, -0.2) is 8.42 Å². The summed E-state index contributed by atoms with van der Waals surface area (Å²) in [6.45, 7) is 4.81. The molecule has 0 bridgehead atoms. The molecule has 33 heavy (non-hydrogen) atoms. The number of nitrogens with one attached hydrogen (secondary N) is 1. The van der Waals surface area contributed by atoms with Crippen LogP contribution in [-0.4, -0.2) is 47.2 Å². The highest BCUT2D eigenvalue weighted by Crippen LogP contribution is 2.28. The normalized spacial score (nSPS) is 14.0. The van der Waals surface area contributed by atoms with Crippen molar-refractivity contribution < 1.29 is 17.9 Å². The molecule has 8 heteroatoms. The molecule has 0 atom stereocenters. The fourth-order valence-electron chi connectivity index (χ4n) is 3.86. The minimum absolute atomic E-state index is 0.0716. The Balaban J connectivity index is 1.59. The molecule has 0 saturated carbocycles. The Labute approximate surface area is 194 Å². The Bertz CT molecular complexity index is 1210. The Hall–Kier alpha value is -3.36. The van der Waals surface area contributed by atoms with Gasteiger partial charge in [0.25, 0.3) is 15.9 Å². The zero-order valence-corrected chi connectivity index (χ0v) is 19.3. The van der Waals surface area contributed by atoms with E-state index in [1.807, 2.05) is 30.3 Å². The van der Waals surface area contributed by atoms with Crippen molar-refractivity contribution in [1.82, 2.24) is 0 Å². The summed E-state index contributed by atoms with van der Waals surface area (Å²) < 4.78 is 33.4. The molecule has 1 heterocycles. The van der Waals surface area contributed by atoms with E-state index in [0.29, 0.717) is 24.6 Å². The molecular weight excluding hydrogens is 438 g/mol. The summed E-state index contributed by atoms with van der Waals surface area (Å²) in [6, 6.07) is 22.7. The van der Waals surface area contributed by atoms with Crippen molar-refractivity contribution in [2.45, 2.75) is 11.8 Å². The number of nitrogens with zero attached hydrogens (tertiary/aromatic N) is 2. The van der Waals surface area contributed by atoms with Gasteiger partial charge < -0.3 is 15.0 Å². The minimum Gasteiger partial charge on any atom is -0.378 e. The predicted molar refractivity (Wildman–Crippen MR) is 131 cm³/mol. The third-order valence-electron chi connectivity index (χ3n) is 5.52. The highest BCUT2D eigenvalue weighted by molar-refractivity contribution is 7.92. The van der Waals surface area contributed by atoms with Crippen LogP contribution in [0.2, 0.25) is 0 Å². The van der Waals surface area contributed by atoms with Crippen molar-refractivity contribution in [2.75, 3.05) is 47.4 Å². The van der Waals surface area contributed by atoms with Gasteiger partial charge in [-0.2, -0.15) is 0 Å². The van der Waals surface area contributed by atoms with Gasteiger partial charge in [-0.05, 0) is 49.4 Å². The smallest absolute Gasteiger partial charge is 0.264 e. The molecule has 3 aromatic carbocycles. The van der Waals surface area contributed by atoms with Gasteiger partial charge in [0.1, 0.15) is 0 Å². The lowest BCUT2D eigenvalue weighted by atomic mass is 10.2. The number of rotatable bonds is 7. The first-order valence-corrected chi connectivity index (χ1v) is 12.4. The van der Waals surface area contributed by atoms with Crippen LogP contribution in [-0.2, 0) is 14.8 Å². The highest BCUT2D eigenvalue weighted by Gasteiger charge is 2.25.